The van der Waals surface area contributed by atoms with E-state index in [9.17, 15) is 0 Å². The predicted octanol–water partition coefficient (Wildman–Crippen LogP) is 1.97. The highest BCUT2D eigenvalue weighted by atomic mass is 32.2. The Balaban J connectivity index is 1.64. The van der Waals surface area contributed by atoms with Crippen molar-refractivity contribution in [3.8, 4) is 0 Å². The molecule has 0 bridgehead atoms. The van der Waals surface area contributed by atoms with Crippen LogP contribution in [0.25, 0.3) is 0 Å². The van der Waals surface area contributed by atoms with Gasteiger partial charge in [0.1, 0.15) is 0 Å². The first-order valence-corrected chi connectivity index (χ1v) is 10.6. The fraction of sp³-hybridized carbons (Fsp3) is 1.00. The number of hydrazine groups is 1. The molecule has 3 nitrogen and oxygen atoms in total. The molecule has 3 aliphatic rings. The van der Waals surface area contributed by atoms with E-state index < -0.39 is 0 Å². The maximum atomic E-state index is 6.14. The Bertz CT molecular complexity index is 294. The number of rotatable bonds is 3. The molecule has 3 aliphatic heterocycles. The lowest BCUT2D eigenvalue weighted by Gasteiger charge is -2.43. The molecule has 4 unspecified atom stereocenters. The molecule has 110 valence electrons. The second-order valence-electron chi connectivity index (χ2n) is 5.76. The molecule has 3 heterocycles. The minimum absolute atomic E-state index is 0.176. The summed E-state index contributed by atoms with van der Waals surface area (Å²) in [4.78, 5) is 0. The van der Waals surface area contributed by atoms with Crippen LogP contribution in [-0.2, 0) is 4.74 Å². The molecule has 0 aliphatic carbocycles. The van der Waals surface area contributed by atoms with Gasteiger partial charge in [0.2, 0.25) is 0 Å². The topological polar surface area (TPSA) is 47.3 Å². The van der Waals surface area contributed by atoms with Crippen molar-refractivity contribution in [1.29, 1.82) is 0 Å². The van der Waals surface area contributed by atoms with Crippen LogP contribution < -0.4 is 11.3 Å². The Hall–Kier alpha value is 0.930. The summed E-state index contributed by atoms with van der Waals surface area (Å²) < 4.78 is 6.14. The van der Waals surface area contributed by atoms with Gasteiger partial charge in [-0.25, -0.2) is 0 Å². The van der Waals surface area contributed by atoms with Crippen LogP contribution in [0.5, 0.6) is 0 Å². The van der Waals surface area contributed by atoms with Crippen LogP contribution in [0.4, 0.5) is 0 Å². The first kappa shape index (κ1) is 14.9. The lowest BCUT2D eigenvalue weighted by Crippen LogP contribution is -2.54. The van der Waals surface area contributed by atoms with Gasteiger partial charge >= 0.3 is 0 Å². The smallest absolute Gasteiger partial charge is 0.0783 e. The zero-order valence-corrected chi connectivity index (χ0v) is 13.8. The third-order valence-electron chi connectivity index (χ3n) is 4.54. The zero-order chi connectivity index (χ0) is 13.1. The highest BCUT2D eigenvalue weighted by Gasteiger charge is 2.44. The van der Waals surface area contributed by atoms with Crippen molar-refractivity contribution in [2.45, 2.75) is 36.2 Å². The second-order valence-corrected chi connectivity index (χ2v) is 9.37. The van der Waals surface area contributed by atoms with Crippen molar-refractivity contribution in [3.05, 3.63) is 0 Å². The average molecular weight is 321 g/mol. The highest BCUT2D eigenvalue weighted by molar-refractivity contribution is 8.06. The van der Waals surface area contributed by atoms with Gasteiger partial charge in [-0.15, -0.1) is 0 Å². The summed E-state index contributed by atoms with van der Waals surface area (Å²) in [6.45, 7) is 0.925. The number of ether oxygens (including phenoxy) is 1. The summed E-state index contributed by atoms with van der Waals surface area (Å²) >= 11 is 6.24. The number of hydrogen-bond donors (Lipinski definition) is 2. The molecule has 19 heavy (non-hydrogen) atoms. The molecule has 4 atom stereocenters. The van der Waals surface area contributed by atoms with Crippen LogP contribution in [0, 0.1) is 5.92 Å². The minimum Gasteiger partial charge on any atom is -0.374 e. The van der Waals surface area contributed by atoms with E-state index in [1.165, 1.54) is 48.0 Å². The van der Waals surface area contributed by atoms with Gasteiger partial charge in [-0.2, -0.15) is 35.3 Å². The summed E-state index contributed by atoms with van der Waals surface area (Å²) in [5, 5.41) is 0.679. The van der Waals surface area contributed by atoms with Gasteiger partial charge in [-0.1, -0.05) is 0 Å². The van der Waals surface area contributed by atoms with Gasteiger partial charge in [0.15, 0.2) is 0 Å². The number of nitrogens with one attached hydrogen (secondary N) is 1. The van der Waals surface area contributed by atoms with Gasteiger partial charge in [0.05, 0.1) is 5.60 Å². The van der Waals surface area contributed by atoms with Crippen LogP contribution >= 0.6 is 35.3 Å². The normalized spacial score (nSPS) is 41.5. The van der Waals surface area contributed by atoms with Gasteiger partial charge in [-0.3, -0.25) is 11.3 Å². The van der Waals surface area contributed by atoms with E-state index in [2.05, 4.69) is 40.7 Å². The Morgan fingerprint density at radius 2 is 2.21 bits per heavy atom. The molecule has 0 aromatic heterocycles. The zero-order valence-electron chi connectivity index (χ0n) is 11.3. The molecule has 3 fully saturated rings. The van der Waals surface area contributed by atoms with Crippen molar-refractivity contribution in [2.24, 2.45) is 11.8 Å². The molecule has 0 radical (unpaired) electrons. The number of thioether (sulfide) groups is 3. The van der Waals surface area contributed by atoms with E-state index in [0.29, 0.717) is 17.2 Å². The second kappa shape index (κ2) is 6.79. The van der Waals surface area contributed by atoms with E-state index in [4.69, 9.17) is 10.6 Å². The van der Waals surface area contributed by atoms with Crippen molar-refractivity contribution in [1.82, 2.24) is 5.43 Å². The van der Waals surface area contributed by atoms with Crippen LogP contribution in [-0.4, -0.2) is 52.3 Å². The predicted molar refractivity (Wildman–Crippen MR) is 88.0 cm³/mol. The summed E-state index contributed by atoms with van der Waals surface area (Å²) in [6, 6.07) is 0.462. The van der Waals surface area contributed by atoms with Crippen molar-refractivity contribution in [3.63, 3.8) is 0 Å². The average Bonchev–Trinajstić information content (AvgIpc) is 2.89. The molecular weight excluding hydrogens is 296 g/mol. The van der Waals surface area contributed by atoms with Crippen LogP contribution in [0.15, 0.2) is 0 Å². The lowest BCUT2D eigenvalue weighted by molar-refractivity contribution is -0.0849. The fourth-order valence-corrected chi connectivity index (χ4v) is 7.82. The third-order valence-corrected chi connectivity index (χ3v) is 8.65. The molecule has 0 aromatic carbocycles. The highest BCUT2D eigenvalue weighted by Crippen LogP contribution is 2.43. The Labute approximate surface area is 128 Å². The van der Waals surface area contributed by atoms with Crippen molar-refractivity contribution in [2.75, 3.05) is 35.4 Å². The van der Waals surface area contributed by atoms with E-state index in [1.54, 1.807) is 0 Å². The molecule has 3 N–H and O–H groups in total. The number of hydrogen-bond acceptors (Lipinski definition) is 6. The van der Waals surface area contributed by atoms with Gasteiger partial charge < -0.3 is 4.74 Å². The van der Waals surface area contributed by atoms with E-state index >= 15 is 0 Å². The molecule has 3 rings (SSSR count). The van der Waals surface area contributed by atoms with Crippen LogP contribution in [0.2, 0.25) is 0 Å². The lowest BCUT2D eigenvalue weighted by atomic mass is 9.80. The van der Waals surface area contributed by atoms with Crippen molar-refractivity contribution < 1.29 is 4.74 Å². The maximum Gasteiger partial charge on any atom is 0.0783 e. The molecule has 0 saturated carbocycles. The van der Waals surface area contributed by atoms with Gasteiger partial charge in [0, 0.05) is 40.9 Å². The summed E-state index contributed by atoms with van der Waals surface area (Å²) in [5.74, 6) is 12.9. The Kier molecular flexibility index (Phi) is 5.31. The third kappa shape index (κ3) is 3.40. The molecule has 1 spiro atoms. The molecule has 0 amide bonds. The standard InChI is InChI=1S/C13H24N2OS3/c14-15-12(11-8-17-5-6-19-11)10-1-3-16-13(7-10)2-4-18-9-13/h10-12,15H,1-9,14H2. The number of nitrogens with two attached hydrogens (primary N) is 1. The maximum absolute atomic E-state index is 6.14. The molecule has 6 heteroatoms. The first-order chi connectivity index (χ1) is 9.33. The molecular formula is C13H24N2OS3. The van der Waals surface area contributed by atoms with Gasteiger partial charge in [-0.05, 0) is 30.9 Å². The van der Waals surface area contributed by atoms with E-state index in [1.807, 2.05) is 0 Å². The van der Waals surface area contributed by atoms with Crippen LogP contribution in [0.1, 0.15) is 19.3 Å². The Morgan fingerprint density at radius 3 is 2.89 bits per heavy atom. The summed E-state index contributed by atoms with van der Waals surface area (Å²) in [5.41, 5.74) is 3.33. The fourth-order valence-electron chi connectivity index (χ4n) is 3.50. The largest absolute Gasteiger partial charge is 0.374 e. The first-order valence-electron chi connectivity index (χ1n) is 7.20. The molecule has 3 saturated heterocycles. The summed E-state index contributed by atoms with van der Waals surface area (Å²) in [7, 11) is 0. The Morgan fingerprint density at radius 1 is 1.26 bits per heavy atom. The van der Waals surface area contributed by atoms with E-state index in [-0.39, 0.29) is 5.60 Å². The van der Waals surface area contributed by atoms with Crippen molar-refractivity contribution >= 4 is 35.3 Å². The minimum atomic E-state index is 0.176. The monoisotopic (exact) mass is 320 g/mol. The molecule has 0 aromatic rings. The van der Waals surface area contributed by atoms with Crippen LogP contribution in [0.3, 0.4) is 0 Å². The van der Waals surface area contributed by atoms with E-state index in [0.717, 1.165) is 6.61 Å². The summed E-state index contributed by atoms with van der Waals surface area (Å²) in [6.07, 6.45) is 3.61. The SMILES string of the molecule is NNC(C1CCOC2(CCSC2)C1)C1CSCCS1. The quantitative estimate of drug-likeness (QED) is 0.612. The van der Waals surface area contributed by atoms with Gasteiger partial charge in [0.25, 0.3) is 0 Å².